The van der Waals surface area contributed by atoms with Gasteiger partial charge in [-0.2, -0.15) is 0 Å². The number of carboxylic acid groups (broad SMARTS) is 1. The van der Waals surface area contributed by atoms with E-state index in [2.05, 4.69) is 17.2 Å². The normalized spacial score (nSPS) is 9.89. The first-order chi connectivity index (χ1) is 7.79. The summed E-state index contributed by atoms with van der Waals surface area (Å²) in [6.45, 7) is 6.67. The number of carbonyl (C=O) groups excluding carboxylic acids is 2. The molecule has 0 aromatic carbocycles. The van der Waals surface area contributed by atoms with Crippen molar-refractivity contribution in [1.82, 2.24) is 10.6 Å². The van der Waals surface area contributed by atoms with Crippen LogP contribution in [0.25, 0.3) is 0 Å². The maximum absolute atomic E-state index is 11.7. The Bertz CT molecular complexity index is 329. The maximum atomic E-state index is 11.7. The number of carbonyl (C=O) groups is 3. The van der Waals surface area contributed by atoms with Crippen molar-refractivity contribution in [3.05, 3.63) is 12.7 Å². The van der Waals surface area contributed by atoms with Gasteiger partial charge in [-0.3, -0.25) is 14.4 Å². The van der Waals surface area contributed by atoms with Crippen LogP contribution >= 0.6 is 0 Å². The van der Waals surface area contributed by atoms with Gasteiger partial charge in [-0.1, -0.05) is 6.58 Å². The van der Waals surface area contributed by atoms with E-state index in [1.807, 2.05) is 0 Å². The Morgan fingerprint density at radius 2 is 1.89 bits per heavy atom. The van der Waals surface area contributed by atoms with E-state index in [0.29, 0.717) is 6.42 Å². The van der Waals surface area contributed by atoms with Gasteiger partial charge in [0.15, 0.2) is 0 Å². The molecule has 18 heavy (non-hydrogen) atoms. The Labute approximate surface area is 128 Å². The Morgan fingerprint density at radius 3 is 2.33 bits per heavy atom. The number of amides is 2. The van der Waals surface area contributed by atoms with Crippen LogP contribution in [0.2, 0.25) is 0 Å². The summed E-state index contributed by atoms with van der Waals surface area (Å²) in [7, 11) is 0. The summed E-state index contributed by atoms with van der Waals surface area (Å²) in [5.41, 5.74) is -1.05. The average Bonchev–Trinajstić information content (AvgIpc) is 2.22. The third kappa shape index (κ3) is 8.27. The summed E-state index contributed by atoms with van der Waals surface area (Å²) in [4.78, 5) is 33.0. The molecule has 98 valence electrons. The second-order valence-electron chi connectivity index (χ2n) is 4.07. The summed E-state index contributed by atoms with van der Waals surface area (Å²) >= 11 is 0. The fraction of sp³-hybridized carbons (Fsp3) is 0.545. The van der Waals surface area contributed by atoms with Gasteiger partial charge in [0.2, 0.25) is 11.8 Å². The fourth-order valence-electron chi connectivity index (χ4n) is 1.08. The molecule has 0 heterocycles. The molecule has 0 unspecified atom stereocenters. The summed E-state index contributed by atoms with van der Waals surface area (Å²) in [6.07, 6.45) is 1.44. The van der Waals surface area contributed by atoms with Crippen molar-refractivity contribution in [3.8, 4) is 0 Å². The predicted molar refractivity (Wildman–Crippen MR) is 69.4 cm³/mol. The molecule has 0 bridgehead atoms. The number of carboxylic acids is 1. The van der Waals surface area contributed by atoms with E-state index in [9.17, 15) is 14.4 Å². The van der Waals surface area contributed by atoms with Gasteiger partial charge in [-0.15, -0.1) is 0 Å². The molecular formula is C11H19N2NaO4. The Kier molecular flexibility index (Phi) is 9.88. The molecule has 0 aromatic heterocycles. The predicted octanol–water partition coefficient (Wildman–Crippen LogP) is -0.600. The van der Waals surface area contributed by atoms with Crippen LogP contribution in [0.5, 0.6) is 0 Å². The second kappa shape index (κ2) is 9.13. The zero-order valence-electron chi connectivity index (χ0n) is 10.1. The van der Waals surface area contributed by atoms with Gasteiger partial charge in [0.25, 0.3) is 0 Å². The molecule has 0 aliphatic carbocycles. The van der Waals surface area contributed by atoms with Crippen LogP contribution in [0.1, 0.15) is 26.7 Å². The van der Waals surface area contributed by atoms with Crippen LogP contribution in [-0.4, -0.2) is 64.5 Å². The molecule has 0 rings (SSSR count). The minimum absolute atomic E-state index is 0. The molecule has 0 fully saturated rings. The van der Waals surface area contributed by atoms with Gasteiger partial charge in [-0.05, 0) is 26.3 Å². The fourth-order valence-corrected chi connectivity index (χ4v) is 1.08. The summed E-state index contributed by atoms with van der Waals surface area (Å²) < 4.78 is 0. The molecule has 0 aliphatic rings. The van der Waals surface area contributed by atoms with E-state index in [1.54, 1.807) is 13.8 Å². The number of hydrogen-bond donors (Lipinski definition) is 3. The van der Waals surface area contributed by atoms with Gasteiger partial charge in [-0.25, -0.2) is 0 Å². The van der Waals surface area contributed by atoms with Gasteiger partial charge >= 0.3 is 35.5 Å². The first kappa shape index (κ1) is 19.5. The Hall–Kier alpha value is -0.850. The van der Waals surface area contributed by atoms with Crippen molar-refractivity contribution in [2.24, 2.45) is 0 Å². The van der Waals surface area contributed by atoms with Crippen LogP contribution < -0.4 is 10.6 Å². The first-order valence-corrected chi connectivity index (χ1v) is 5.24. The van der Waals surface area contributed by atoms with E-state index in [4.69, 9.17) is 5.11 Å². The second-order valence-corrected chi connectivity index (χ2v) is 4.07. The molecule has 0 radical (unpaired) electrons. The minimum atomic E-state index is -1.05. The third-order valence-corrected chi connectivity index (χ3v) is 2.04. The monoisotopic (exact) mass is 266 g/mol. The number of aliphatic carboxylic acids is 1. The summed E-state index contributed by atoms with van der Waals surface area (Å²) in [6, 6.07) is 0. The average molecular weight is 266 g/mol. The number of hydrogen-bond acceptors (Lipinski definition) is 3. The molecule has 0 saturated carbocycles. The van der Waals surface area contributed by atoms with Crippen molar-refractivity contribution in [2.75, 3.05) is 6.54 Å². The van der Waals surface area contributed by atoms with Crippen LogP contribution in [-0.2, 0) is 14.4 Å². The molecule has 3 N–H and O–H groups in total. The molecule has 7 heteroatoms. The quantitative estimate of drug-likeness (QED) is 0.326. The van der Waals surface area contributed by atoms with Crippen molar-refractivity contribution in [3.63, 3.8) is 0 Å². The SMILES string of the molecule is C=CC(=O)NC(C)(C)C(=O)NCCCC(=O)O.[NaH]. The molecular weight excluding hydrogens is 247 g/mol. The van der Waals surface area contributed by atoms with Crippen LogP contribution in [0, 0.1) is 0 Å². The molecule has 0 atom stereocenters. The first-order valence-electron chi connectivity index (χ1n) is 5.24. The standard InChI is InChI=1S/C11H18N2O4.Na.H/c1-4-8(14)13-11(2,3)10(17)12-7-5-6-9(15)16;;/h4H,1,5-7H2,2-3H3,(H,12,17)(H,13,14)(H,15,16);;. The van der Waals surface area contributed by atoms with Crippen molar-refractivity contribution < 1.29 is 19.5 Å². The van der Waals surface area contributed by atoms with E-state index < -0.39 is 17.4 Å². The molecule has 6 nitrogen and oxygen atoms in total. The topological polar surface area (TPSA) is 95.5 Å². The van der Waals surface area contributed by atoms with Gasteiger partial charge in [0, 0.05) is 13.0 Å². The zero-order valence-corrected chi connectivity index (χ0v) is 10.1. The van der Waals surface area contributed by atoms with Gasteiger partial charge < -0.3 is 15.7 Å². The number of rotatable bonds is 7. The van der Waals surface area contributed by atoms with E-state index in [-0.39, 0.29) is 48.4 Å². The van der Waals surface area contributed by atoms with Gasteiger partial charge in [0.1, 0.15) is 5.54 Å². The van der Waals surface area contributed by atoms with Crippen molar-refractivity contribution in [1.29, 1.82) is 0 Å². The van der Waals surface area contributed by atoms with Crippen LogP contribution in [0.4, 0.5) is 0 Å². The van der Waals surface area contributed by atoms with Crippen LogP contribution in [0.15, 0.2) is 12.7 Å². The summed E-state index contributed by atoms with van der Waals surface area (Å²) in [5.74, 6) is -1.70. The van der Waals surface area contributed by atoms with E-state index in [0.717, 1.165) is 6.08 Å². The molecule has 2 amide bonds. The zero-order chi connectivity index (χ0) is 13.5. The molecule has 0 aromatic rings. The number of nitrogens with one attached hydrogen (secondary N) is 2. The Balaban J connectivity index is 0. The summed E-state index contributed by atoms with van der Waals surface area (Å²) in [5, 5.41) is 13.4. The molecule has 0 saturated heterocycles. The molecule has 0 aliphatic heterocycles. The van der Waals surface area contributed by atoms with Crippen molar-refractivity contribution >= 4 is 47.3 Å². The van der Waals surface area contributed by atoms with Crippen molar-refractivity contribution in [2.45, 2.75) is 32.2 Å². The third-order valence-electron chi connectivity index (χ3n) is 2.04. The molecule has 0 spiro atoms. The van der Waals surface area contributed by atoms with E-state index in [1.165, 1.54) is 0 Å². The van der Waals surface area contributed by atoms with E-state index >= 15 is 0 Å². The van der Waals surface area contributed by atoms with Gasteiger partial charge in [0.05, 0.1) is 0 Å². The van der Waals surface area contributed by atoms with Crippen LogP contribution in [0.3, 0.4) is 0 Å². The Morgan fingerprint density at radius 1 is 1.33 bits per heavy atom.